The number of hydrogen-bond donors (Lipinski definition) is 0. The number of esters is 2. The molecule has 0 radical (unpaired) electrons. The third-order valence-corrected chi connectivity index (χ3v) is 3.40. The van der Waals surface area contributed by atoms with E-state index in [4.69, 9.17) is 9.47 Å². The highest BCUT2D eigenvalue weighted by atomic mass is 19.1. The number of rotatable bonds is 9. The normalized spacial score (nSPS) is 10.6. The molecule has 154 valence electrons. The van der Waals surface area contributed by atoms with Gasteiger partial charge >= 0.3 is 11.9 Å². The van der Waals surface area contributed by atoms with Crippen molar-refractivity contribution < 1.29 is 37.3 Å². The third-order valence-electron chi connectivity index (χ3n) is 3.40. The van der Waals surface area contributed by atoms with E-state index < -0.39 is 23.6 Å². The van der Waals surface area contributed by atoms with Crippen molar-refractivity contribution in [1.82, 2.24) is 0 Å². The first-order chi connectivity index (χ1) is 14.4. The molecule has 0 N–H and O–H groups in total. The average Bonchev–Trinajstić information content (AvgIpc) is 2.74. The zero-order chi connectivity index (χ0) is 21.9. The molecule has 0 unspecified atom stereocenters. The van der Waals surface area contributed by atoms with Crippen molar-refractivity contribution >= 4 is 11.9 Å². The third kappa shape index (κ3) is 6.45. The van der Waals surface area contributed by atoms with Crippen molar-refractivity contribution in [2.45, 2.75) is 0 Å². The van der Waals surface area contributed by atoms with E-state index in [0.29, 0.717) is 0 Å². The molecule has 0 bridgehead atoms. The summed E-state index contributed by atoms with van der Waals surface area (Å²) in [5, 5.41) is 0. The molecule has 0 aliphatic carbocycles. The van der Waals surface area contributed by atoms with Crippen molar-refractivity contribution in [3.8, 4) is 22.6 Å². The fourth-order valence-corrected chi connectivity index (χ4v) is 2.06. The summed E-state index contributed by atoms with van der Waals surface area (Å²) >= 11 is 0. The summed E-state index contributed by atoms with van der Waals surface area (Å²) in [6.07, 6.45) is 5.88. The lowest BCUT2D eigenvalue weighted by Gasteiger charge is -2.08. The predicted octanol–water partition coefficient (Wildman–Crippen LogP) is 4.79. The molecular weight excluding hydrogens is 398 g/mol. The minimum Gasteiger partial charge on any atom is -0.462 e. The Hall–Kier alpha value is -4.20. The number of hydrogen-bond acceptors (Lipinski definition) is 6. The van der Waals surface area contributed by atoms with Crippen molar-refractivity contribution in [1.29, 1.82) is 0 Å². The zero-order valence-corrected chi connectivity index (χ0v) is 15.5. The van der Waals surface area contributed by atoms with Crippen LogP contribution in [0.15, 0.2) is 86.8 Å². The fraction of sp³-hybridized carbons (Fsp3) is 0. The highest BCUT2D eigenvalue weighted by Gasteiger charge is 2.10. The van der Waals surface area contributed by atoms with Gasteiger partial charge in [0.05, 0.1) is 0 Å². The minimum absolute atomic E-state index is 0.130. The second-order valence-electron chi connectivity index (χ2n) is 5.35. The van der Waals surface area contributed by atoms with Gasteiger partial charge in [0.25, 0.3) is 0 Å². The SMILES string of the molecule is C=CC(=O)O/C=C\Oc1ccc(-c2ccc(O/C=C\OC(=O)C=C)c(F)c2)c(F)c1. The van der Waals surface area contributed by atoms with E-state index in [-0.39, 0.29) is 22.6 Å². The Morgan fingerprint density at radius 2 is 1.40 bits per heavy atom. The van der Waals surface area contributed by atoms with Gasteiger partial charge in [0.1, 0.15) is 36.6 Å². The lowest BCUT2D eigenvalue weighted by molar-refractivity contribution is -0.133. The van der Waals surface area contributed by atoms with E-state index in [9.17, 15) is 18.4 Å². The van der Waals surface area contributed by atoms with Crippen LogP contribution in [0.5, 0.6) is 11.5 Å². The molecule has 0 fully saturated rings. The van der Waals surface area contributed by atoms with Gasteiger partial charge in [-0.1, -0.05) is 19.2 Å². The molecule has 6 nitrogen and oxygen atoms in total. The van der Waals surface area contributed by atoms with Gasteiger partial charge < -0.3 is 18.9 Å². The molecule has 0 saturated carbocycles. The van der Waals surface area contributed by atoms with Crippen LogP contribution < -0.4 is 9.47 Å². The number of carbonyl (C=O) groups is 2. The second-order valence-corrected chi connectivity index (χ2v) is 5.35. The van der Waals surface area contributed by atoms with E-state index in [0.717, 1.165) is 49.3 Å². The van der Waals surface area contributed by atoms with Gasteiger partial charge in [-0.25, -0.2) is 18.4 Å². The Morgan fingerprint density at radius 3 is 1.97 bits per heavy atom. The summed E-state index contributed by atoms with van der Waals surface area (Å²) in [5.74, 6) is -2.78. The number of halogens is 2. The smallest absolute Gasteiger partial charge is 0.335 e. The van der Waals surface area contributed by atoms with Gasteiger partial charge in [0, 0.05) is 23.8 Å². The van der Waals surface area contributed by atoms with E-state index in [2.05, 4.69) is 22.6 Å². The first-order valence-corrected chi connectivity index (χ1v) is 8.33. The molecule has 8 heteroatoms. The van der Waals surface area contributed by atoms with E-state index in [1.165, 1.54) is 24.3 Å². The Bertz CT molecular complexity index is 1010. The number of benzene rings is 2. The van der Waals surface area contributed by atoms with Gasteiger partial charge in [0.15, 0.2) is 11.6 Å². The average molecular weight is 414 g/mol. The molecule has 2 rings (SSSR count). The van der Waals surface area contributed by atoms with Gasteiger partial charge in [-0.2, -0.15) is 0 Å². The van der Waals surface area contributed by atoms with Crippen LogP contribution in [0.1, 0.15) is 0 Å². The van der Waals surface area contributed by atoms with Crippen LogP contribution in [0, 0.1) is 11.6 Å². The van der Waals surface area contributed by atoms with E-state index >= 15 is 0 Å². The fourth-order valence-electron chi connectivity index (χ4n) is 2.06. The predicted molar refractivity (Wildman–Crippen MR) is 104 cm³/mol. The van der Waals surface area contributed by atoms with Crippen LogP contribution in [-0.2, 0) is 19.1 Å². The van der Waals surface area contributed by atoms with Crippen molar-refractivity contribution in [2.75, 3.05) is 0 Å². The standard InChI is InChI=1S/C22H16F2O6/c1-3-21(25)29-11-9-27-16-6-7-17(18(23)14-16)15-5-8-20(19(24)13-15)28-10-12-30-22(26)4-2/h3-14H,1-2H2/b11-9-,12-10-. The molecule has 0 aliphatic heterocycles. The maximum absolute atomic E-state index is 14.4. The maximum atomic E-state index is 14.4. The summed E-state index contributed by atoms with van der Waals surface area (Å²) in [5.41, 5.74) is 0.395. The van der Waals surface area contributed by atoms with Crippen LogP contribution >= 0.6 is 0 Å². The molecule has 30 heavy (non-hydrogen) atoms. The van der Waals surface area contributed by atoms with Crippen LogP contribution in [0.2, 0.25) is 0 Å². The lowest BCUT2D eigenvalue weighted by Crippen LogP contribution is -1.94. The van der Waals surface area contributed by atoms with Gasteiger partial charge in [-0.3, -0.25) is 0 Å². The van der Waals surface area contributed by atoms with Crippen molar-refractivity contribution in [3.05, 3.63) is 98.4 Å². The quantitative estimate of drug-likeness (QED) is 0.334. The van der Waals surface area contributed by atoms with Crippen LogP contribution in [0.4, 0.5) is 8.78 Å². The first-order valence-electron chi connectivity index (χ1n) is 8.33. The second kappa shape index (κ2) is 11.0. The van der Waals surface area contributed by atoms with Crippen LogP contribution in [0.3, 0.4) is 0 Å². The van der Waals surface area contributed by atoms with Gasteiger partial charge in [-0.05, 0) is 29.8 Å². The molecule has 0 heterocycles. The van der Waals surface area contributed by atoms with E-state index in [1.54, 1.807) is 0 Å². The topological polar surface area (TPSA) is 71.1 Å². The molecule has 0 aromatic heterocycles. The Labute approximate surface area is 170 Å². The van der Waals surface area contributed by atoms with Gasteiger partial charge in [0.2, 0.25) is 0 Å². The largest absolute Gasteiger partial charge is 0.462 e. The number of carbonyl (C=O) groups excluding carboxylic acids is 2. The minimum atomic E-state index is -0.751. The molecule has 2 aromatic rings. The van der Waals surface area contributed by atoms with Crippen LogP contribution in [0.25, 0.3) is 11.1 Å². The molecule has 0 atom stereocenters. The molecule has 0 saturated heterocycles. The zero-order valence-electron chi connectivity index (χ0n) is 15.5. The molecule has 0 spiro atoms. The summed E-state index contributed by atoms with van der Waals surface area (Å²) < 4.78 is 47.9. The van der Waals surface area contributed by atoms with E-state index in [1.807, 2.05) is 0 Å². The van der Waals surface area contributed by atoms with Crippen molar-refractivity contribution in [3.63, 3.8) is 0 Å². The molecule has 2 aromatic carbocycles. The Kier molecular flexibility index (Phi) is 8.07. The Balaban J connectivity index is 2.05. The van der Waals surface area contributed by atoms with Crippen molar-refractivity contribution in [2.24, 2.45) is 0 Å². The van der Waals surface area contributed by atoms with Gasteiger partial charge in [-0.15, -0.1) is 0 Å². The highest BCUT2D eigenvalue weighted by Crippen LogP contribution is 2.29. The molecule has 0 aliphatic rings. The summed E-state index contributed by atoms with van der Waals surface area (Å²) in [6.45, 7) is 6.45. The first kappa shape index (κ1) is 22.1. The monoisotopic (exact) mass is 414 g/mol. The number of ether oxygens (including phenoxy) is 4. The summed E-state index contributed by atoms with van der Waals surface area (Å²) in [7, 11) is 0. The molecule has 0 amide bonds. The Morgan fingerprint density at radius 1 is 0.767 bits per heavy atom. The molecular formula is C22H16F2O6. The lowest BCUT2D eigenvalue weighted by atomic mass is 10.0. The maximum Gasteiger partial charge on any atom is 0.335 e. The van der Waals surface area contributed by atoms with Crippen LogP contribution in [-0.4, -0.2) is 11.9 Å². The summed E-state index contributed by atoms with van der Waals surface area (Å²) in [4.78, 5) is 21.7. The summed E-state index contributed by atoms with van der Waals surface area (Å²) in [6, 6.07) is 7.79. The highest BCUT2D eigenvalue weighted by molar-refractivity contribution is 5.82.